The Balaban J connectivity index is 0.000000198. The van der Waals surface area contributed by atoms with Crippen LogP contribution >= 0.6 is 0 Å². The van der Waals surface area contributed by atoms with Crippen molar-refractivity contribution in [1.82, 2.24) is 0 Å². The molecular weight excluding hydrogens is 771 g/mol. The van der Waals surface area contributed by atoms with Gasteiger partial charge < -0.3 is 44.4 Å². The largest absolute Gasteiger partial charge is 0.488 e. The third-order valence-electron chi connectivity index (χ3n) is 9.40. The molecule has 0 fully saturated rings. The Morgan fingerprint density at radius 3 is 0.883 bits per heavy atom. The summed E-state index contributed by atoms with van der Waals surface area (Å²) in [5, 5.41) is 55.2. The molecule has 324 valence electrons. The van der Waals surface area contributed by atoms with E-state index in [-0.39, 0.29) is 18.3 Å². The molecule has 0 bridgehead atoms. The maximum Gasteiger partial charge on any atom is 0.488 e. The second-order valence-electron chi connectivity index (χ2n) is 18.0. The zero-order valence-electron chi connectivity index (χ0n) is 36.3. The number of hydrogen-bond acceptors (Lipinski definition) is 12. The van der Waals surface area contributed by atoms with Crippen molar-refractivity contribution in [1.29, 1.82) is 0 Å². The van der Waals surface area contributed by atoms with Crippen LogP contribution in [-0.4, -0.2) is 106 Å². The lowest BCUT2D eigenvalue weighted by molar-refractivity contribution is 0.0567. The highest BCUT2D eigenvalue weighted by Gasteiger charge is 2.31. The maximum absolute atomic E-state index is 12.2. The summed E-state index contributed by atoms with van der Waals surface area (Å²) in [7, 11) is -4.47. The molecule has 3 amide bonds. The maximum atomic E-state index is 12.2. The minimum atomic E-state index is -1.49. The van der Waals surface area contributed by atoms with E-state index in [1.54, 1.807) is 69.3 Å². The SMILES string of the molecule is CC(C)(C)OC(=O)N1CCCc2cc(B(O)O)ccc21.CC(C)(C)OC(=O)N1CCCc2cc(B(O)O)ccc21.CC(C)(C)OC(=O)N1CCCc2cc(B(O)O)ccc21. The van der Waals surface area contributed by atoms with E-state index in [1.165, 1.54) is 0 Å². The first-order chi connectivity index (χ1) is 27.8. The zero-order chi connectivity index (χ0) is 44.7. The van der Waals surface area contributed by atoms with Gasteiger partial charge in [-0.1, -0.05) is 36.4 Å². The van der Waals surface area contributed by atoms with Crippen molar-refractivity contribution in [3.05, 3.63) is 71.3 Å². The first-order valence-electron chi connectivity index (χ1n) is 20.3. The minimum Gasteiger partial charge on any atom is -0.443 e. The molecular formula is C42H60B3N3O12. The molecule has 0 spiro atoms. The number of ether oxygens (including phenoxy) is 3. The number of anilines is 3. The lowest BCUT2D eigenvalue weighted by Crippen LogP contribution is -2.40. The molecule has 18 heteroatoms. The zero-order valence-corrected chi connectivity index (χ0v) is 36.3. The number of rotatable bonds is 3. The van der Waals surface area contributed by atoms with Gasteiger partial charge in [0.15, 0.2) is 0 Å². The summed E-state index contributed by atoms with van der Waals surface area (Å²) in [6.07, 6.45) is 3.84. The molecule has 15 nitrogen and oxygen atoms in total. The molecule has 0 aliphatic carbocycles. The molecule has 0 saturated heterocycles. The topological polar surface area (TPSA) is 210 Å². The van der Waals surface area contributed by atoms with Crippen molar-refractivity contribution in [2.45, 2.75) is 118 Å². The molecule has 3 aliphatic heterocycles. The fourth-order valence-corrected chi connectivity index (χ4v) is 6.85. The van der Waals surface area contributed by atoms with E-state index in [9.17, 15) is 44.5 Å². The second-order valence-corrected chi connectivity index (χ2v) is 18.0. The Kier molecular flexibility index (Phi) is 15.9. The number of benzene rings is 3. The summed E-state index contributed by atoms with van der Waals surface area (Å²) in [4.78, 5) is 41.4. The van der Waals surface area contributed by atoms with Gasteiger partial charge in [0, 0.05) is 19.6 Å². The molecule has 6 N–H and O–H groups in total. The van der Waals surface area contributed by atoms with Gasteiger partial charge in [0.25, 0.3) is 0 Å². The molecule has 0 aromatic heterocycles. The number of fused-ring (bicyclic) bond motifs is 3. The van der Waals surface area contributed by atoms with Gasteiger partial charge in [-0.15, -0.1) is 0 Å². The van der Waals surface area contributed by atoms with Crippen LogP contribution < -0.4 is 31.1 Å². The molecule has 0 radical (unpaired) electrons. The predicted octanol–water partition coefficient (Wildman–Crippen LogP) is 3.16. The first kappa shape index (κ1) is 48.1. The minimum absolute atomic E-state index is 0.365. The number of carbonyl (C=O) groups is 3. The summed E-state index contributed by atoms with van der Waals surface area (Å²) in [6, 6.07) is 15.3. The first-order valence-corrected chi connectivity index (χ1v) is 20.3. The van der Waals surface area contributed by atoms with Crippen molar-refractivity contribution >= 4 is 73.1 Å². The van der Waals surface area contributed by atoms with Gasteiger partial charge in [-0.05, 0) is 152 Å². The highest BCUT2D eigenvalue weighted by atomic mass is 16.6. The van der Waals surface area contributed by atoms with Crippen LogP contribution in [0.1, 0.15) is 98.3 Å². The fraction of sp³-hybridized carbons (Fsp3) is 0.500. The van der Waals surface area contributed by atoms with Gasteiger partial charge in [-0.25, -0.2) is 14.4 Å². The highest BCUT2D eigenvalue weighted by Crippen LogP contribution is 2.30. The van der Waals surface area contributed by atoms with E-state index in [0.717, 1.165) is 72.3 Å². The summed E-state index contributed by atoms with van der Waals surface area (Å²) < 4.78 is 16.2. The molecule has 3 aromatic rings. The van der Waals surface area contributed by atoms with E-state index in [0.29, 0.717) is 36.0 Å². The molecule has 0 unspecified atom stereocenters. The third-order valence-corrected chi connectivity index (χ3v) is 9.40. The van der Waals surface area contributed by atoms with E-state index in [2.05, 4.69) is 0 Å². The van der Waals surface area contributed by atoms with Crippen LogP contribution in [-0.2, 0) is 33.5 Å². The average Bonchev–Trinajstić information content (AvgIpc) is 3.14. The Hall–Kier alpha value is -4.58. The second kappa shape index (κ2) is 19.9. The van der Waals surface area contributed by atoms with Crippen molar-refractivity contribution in [3.8, 4) is 0 Å². The van der Waals surface area contributed by atoms with Crippen LogP contribution in [0.15, 0.2) is 54.6 Å². The highest BCUT2D eigenvalue weighted by molar-refractivity contribution is 6.59. The summed E-state index contributed by atoms with van der Waals surface area (Å²) in [6.45, 7) is 18.4. The average molecular weight is 831 g/mol. The fourth-order valence-electron chi connectivity index (χ4n) is 6.85. The summed E-state index contributed by atoms with van der Waals surface area (Å²) in [5.74, 6) is 0. The number of hydrogen-bond donors (Lipinski definition) is 6. The van der Waals surface area contributed by atoms with E-state index in [4.69, 9.17) is 14.2 Å². The number of nitrogens with zero attached hydrogens (tertiary/aromatic N) is 3. The predicted molar refractivity (Wildman–Crippen MR) is 235 cm³/mol. The quantitative estimate of drug-likeness (QED) is 0.166. The van der Waals surface area contributed by atoms with Crippen LogP contribution in [0.4, 0.5) is 31.4 Å². The smallest absolute Gasteiger partial charge is 0.443 e. The van der Waals surface area contributed by atoms with Crippen LogP contribution in [0.5, 0.6) is 0 Å². The Morgan fingerprint density at radius 2 is 0.683 bits per heavy atom. The third kappa shape index (κ3) is 13.7. The van der Waals surface area contributed by atoms with Crippen LogP contribution in [0.25, 0.3) is 0 Å². The van der Waals surface area contributed by atoms with Crippen LogP contribution in [0.3, 0.4) is 0 Å². The Labute approximate surface area is 354 Å². The van der Waals surface area contributed by atoms with E-state index in [1.807, 2.05) is 62.3 Å². The number of amides is 3. The Morgan fingerprint density at radius 1 is 0.450 bits per heavy atom. The Bertz CT molecular complexity index is 1750. The standard InChI is InChI=1S/3C14H20BNO4/c3*1-14(2,3)20-13(17)16-8-4-5-10-9-11(15(18)19)6-7-12(10)16/h3*6-7,9,18-19H,4-5,8H2,1-3H3. The normalized spacial score (nSPS) is 14.8. The van der Waals surface area contributed by atoms with E-state index < -0.39 is 38.2 Å². The van der Waals surface area contributed by atoms with Crippen molar-refractivity contribution in [2.24, 2.45) is 0 Å². The van der Waals surface area contributed by atoms with Gasteiger partial charge in [-0.2, -0.15) is 0 Å². The molecule has 3 aliphatic rings. The van der Waals surface area contributed by atoms with Gasteiger partial charge >= 0.3 is 39.6 Å². The van der Waals surface area contributed by atoms with Gasteiger partial charge in [0.2, 0.25) is 0 Å². The van der Waals surface area contributed by atoms with Crippen molar-refractivity contribution < 1.29 is 58.7 Å². The lowest BCUT2D eigenvalue weighted by atomic mass is 9.78. The summed E-state index contributed by atoms with van der Waals surface area (Å²) in [5.41, 5.74) is 4.90. The van der Waals surface area contributed by atoms with Gasteiger partial charge in [0.1, 0.15) is 16.8 Å². The van der Waals surface area contributed by atoms with E-state index >= 15 is 0 Å². The molecule has 3 heterocycles. The molecule has 0 atom stereocenters. The van der Waals surface area contributed by atoms with Gasteiger partial charge in [0.05, 0.1) is 17.1 Å². The number of aryl methyl sites for hydroxylation is 3. The van der Waals surface area contributed by atoms with Crippen LogP contribution in [0, 0.1) is 0 Å². The molecule has 60 heavy (non-hydrogen) atoms. The molecule has 3 aromatic carbocycles. The monoisotopic (exact) mass is 831 g/mol. The lowest BCUT2D eigenvalue weighted by Gasteiger charge is -2.32. The number of carbonyl (C=O) groups excluding carboxylic acids is 3. The van der Waals surface area contributed by atoms with Gasteiger partial charge in [-0.3, -0.25) is 14.7 Å². The van der Waals surface area contributed by atoms with Crippen molar-refractivity contribution in [3.63, 3.8) is 0 Å². The molecule has 0 saturated carbocycles. The molecule has 6 rings (SSSR count). The van der Waals surface area contributed by atoms with Crippen molar-refractivity contribution in [2.75, 3.05) is 34.3 Å². The van der Waals surface area contributed by atoms with Crippen LogP contribution in [0.2, 0.25) is 0 Å². The summed E-state index contributed by atoms with van der Waals surface area (Å²) >= 11 is 0.